The van der Waals surface area contributed by atoms with E-state index in [1.54, 1.807) is 24.0 Å². The fourth-order valence-electron chi connectivity index (χ4n) is 3.02. The van der Waals surface area contributed by atoms with E-state index in [1.165, 1.54) is 0 Å². The van der Waals surface area contributed by atoms with E-state index in [0.29, 0.717) is 37.6 Å². The molecule has 2 aliphatic heterocycles. The lowest BCUT2D eigenvalue weighted by Crippen LogP contribution is -2.31. The first-order chi connectivity index (χ1) is 12.6. The van der Waals surface area contributed by atoms with Crippen LogP contribution in [0.2, 0.25) is 0 Å². The number of hydrogen-bond acceptors (Lipinski definition) is 6. The van der Waals surface area contributed by atoms with E-state index in [-0.39, 0.29) is 43.3 Å². The SMILES string of the molecule is CCOC(=O)CCC(=O)NCC1CC(=O)N(c2ccc3c(c2)OCO3)C1. The van der Waals surface area contributed by atoms with Crippen molar-refractivity contribution in [1.82, 2.24) is 5.32 Å². The molecule has 8 heteroatoms. The minimum atomic E-state index is -0.382. The number of carbonyl (C=O) groups is 3. The molecule has 26 heavy (non-hydrogen) atoms. The molecule has 1 unspecified atom stereocenters. The molecule has 140 valence electrons. The van der Waals surface area contributed by atoms with Crippen LogP contribution < -0.4 is 19.7 Å². The number of esters is 1. The van der Waals surface area contributed by atoms with Crippen LogP contribution in [0.3, 0.4) is 0 Å². The van der Waals surface area contributed by atoms with Crippen LogP contribution in [0.25, 0.3) is 0 Å². The van der Waals surface area contributed by atoms with E-state index in [2.05, 4.69) is 5.32 Å². The van der Waals surface area contributed by atoms with Gasteiger partial charge in [-0.25, -0.2) is 0 Å². The molecule has 1 aromatic carbocycles. The summed E-state index contributed by atoms with van der Waals surface area (Å²) in [6, 6.07) is 5.40. The van der Waals surface area contributed by atoms with Crippen molar-refractivity contribution in [3.8, 4) is 11.5 Å². The van der Waals surface area contributed by atoms with Crippen LogP contribution in [-0.2, 0) is 19.1 Å². The van der Waals surface area contributed by atoms with Gasteiger partial charge in [0.05, 0.1) is 13.0 Å². The number of carbonyl (C=O) groups excluding carboxylic acids is 3. The van der Waals surface area contributed by atoms with Crippen LogP contribution in [-0.4, -0.2) is 44.3 Å². The van der Waals surface area contributed by atoms with Gasteiger partial charge in [0.25, 0.3) is 0 Å². The Morgan fingerprint density at radius 3 is 2.88 bits per heavy atom. The van der Waals surface area contributed by atoms with Crippen LogP contribution in [0.4, 0.5) is 5.69 Å². The van der Waals surface area contributed by atoms with Crippen LogP contribution in [0.15, 0.2) is 18.2 Å². The molecule has 2 aliphatic rings. The van der Waals surface area contributed by atoms with E-state index in [9.17, 15) is 14.4 Å². The number of nitrogens with zero attached hydrogens (tertiary/aromatic N) is 1. The molecule has 1 fully saturated rings. The first-order valence-corrected chi connectivity index (χ1v) is 8.69. The molecule has 1 atom stereocenters. The summed E-state index contributed by atoms with van der Waals surface area (Å²) in [5, 5.41) is 2.79. The lowest BCUT2D eigenvalue weighted by atomic mass is 10.1. The summed E-state index contributed by atoms with van der Waals surface area (Å²) >= 11 is 0. The third-order valence-electron chi connectivity index (χ3n) is 4.32. The van der Waals surface area contributed by atoms with Crippen molar-refractivity contribution in [3.05, 3.63) is 18.2 Å². The summed E-state index contributed by atoms with van der Waals surface area (Å²) in [5.74, 6) is 0.741. The zero-order chi connectivity index (χ0) is 18.5. The average molecular weight is 362 g/mol. The number of rotatable bonds is 7. The molecule has 3 rings (SSSR count). The molecule has 2 heterocycles. The zero-order valence-electron chi connectivity index (χ0n) is 14.7. The molecule has 1 saturated heterocycles. The predicted molar refractivity (Wildman–Crippen MR) is 91.9 cm³/mol. The Bertz CT molecular complexity index is 705. The zero-order valence-corrected chi connectivity index (χ0v) is 14.7. The van der Waals surface area contributed by atoms with Crippen LogP contribution in [0, 0.1) is 5.92 Å². The molecule has 0 aliphatic carbocycles. The Kier molecular flexibility index (Phi) is 5.60. The molecule has 2 amide bonds. The standard InChI is InChI=1S/C18H22N2O6/c1-2-24-18(23)6-5-16(21)19-9-12-7-17(22)20(10-12)13-3-4-14-15(8-13)26-11-25-14/h3-4,8,12H,2,5-7,9-11H2,1H3,(H,19,21). The Morgan fingerprint density at radius 2 is 2.08 bits per heavy atom. The molecule has 1 N–H and O–H groups in total. The topological polar surface area (TPSA) is 94.2 Å². The van der Waals surface area contributed by atoms with E-state index >= 15 is 0 Å². The average Bonchev–Trinajstić information content (AvgIpc) is 3.24. The van der Waals surface area contributed by atoms with Crippen LogP contribution in [0.5, 0.6) is 11.5 Å². The lowest BCUT2D eigenvalue weighted by Gasteiger charge is -2.17. The summed E-state index contributed by atoms with van der Waals surface area (Å²) in [5.41, 5.74) is 0.760. The van der Waals surface area contributed by atoms with Crippen molar-refractivity contribution >= 4 is 23.5 Å². The Morgan fingerprint density at radius 1 is 1.27 bits per heavy atom. The molecule has 0 aromatic heterocycles. The quantitative estimate of drug-likeness (QED) is 0.733. The van der Waals surface area contributed by atoms with E-state index in [1.807, 2.05) is 6.07 Å². The molecule has 0 spiro atoms. The fraction of sp³-hybridized carbons (Fsp3) is 0.500. The monoisotopic (exact) mass is 362 g/mol. The summed E-state index contributed by atoms with van der Waals surface area (Å²) in [6.07, 6.45) is 0.518. The number of benzene rings is 1. The first-order valence-electron chi connectivity index (χ1n) is 8.69. The van der Waals surface area contributed by atoms with E-state index < -0.39 is 0 Å². The van der Waals surface area contributed by atoms with Gasteiger partial charge in [0.1, 0.15) is 0 Å². The summed E-state index contributed by atoms with van der Waals surface area (Å²) in [6.45, 7) is 3.14. The largest absolute Gasteiger partial charge is 0.466 e. The lowest BCUT2D eigenvalue weighted by molar-refractivity contribution is -0.144. The number of fused-ring (bicyclic) bond motifs is 1. The van der Waals surface area contributed by atoms with Gasteiger partial charge in [0, 0.05) is 43.6 Å². The second-order valence-electron chi connectivity index (χ2n) is 6.22. The van der Waals surface area contributed by atoms with Gasteiger partial charge in [-0.3, -0.25) is 14.4 Å². The summed E-state index contributed by atoms with van der Waals surface area (Å²) < 4.78 is 15.4. The van der Waals surface area contributed by atoms with Crippen molar-refractivity contribution in [2.24, 2.45) is 5.92 Å². The maximum atomic E-state index is 12.3. The van der Waals surface area contributed by atoms with Crippen molar-refractivity contribution in [1.29, 1.82) is 0 Å². The van der Waals surface area contributed by atoms with Gasteiger partial charge in [-0.1, -0.05) is 0 Å². The number of nitrogens with one attached hydrogen (secondary N) is 1. The third-order valence-corrected chi connectivity index (χ3v) is 4.32. The number of anilines is 1. The van der Waals surface area contributed by atoms with Gasteiger partial charge >= 0.3 is 5.97 Å². The van der Waals surface area contributed by atoms with Crippen molar-refractivity contribution < 1.29 is 28.6 Å². The normalized spacial score (nSPS) is 18.1. The minimum absolute atomic E-state index is 0.00892. The molecule has 8 nitrogen and oxygen atoms in total. The second-order valence-corrected chi connectivity index (χ2v) is 6.22. The molecule has 0 bridgehead atoms. The highest BCUT2D eigenvalue weighted by atomic mass is 16.7. The molecule has 0 saturated carbocycles. The Balaban J connectivity index is 1.47. The van der Waals surface area contributed by atoms with Crippen molar-refractivity contribution in [2.45, 2.75) is 26.2 Å². The highest BCUT2D eigenvalue weighted by Gasteiger charge is 2.31. The Hall–Kier alpha value is -2.77. The van der Waals surface area contributed by atoms with E-state index in [0.717, 1.165) is 5.69 Å². The van der Waals surface area contributed by atoms with Gasteiger partial charge in [-0.15, -0.1) is 0 Å². The maximum absolute atomic E-state index is 12.3. The van der Waals surface area contributed by atoms with Gasteiger partial charge in [-0.05, 0) is 19.1 Å². The van der Waals surface area contributed by atoms with Gasteiger partial charge in [0.15, 0.2) is 11.5 Å². The highest BCUT2D eigenvalue weighted by Crippen LogP contribution is 2.37. The molecule has 1 aromatic rings. The molecule has 0 radical (unpaired) electrons. The van der Waals surface area contributed by atoms with E-state index in [4.69, 9.17) is 14.2 Å². The van der Waals surface area contributed by atoms with Crippen LogP contribution in [0.1, 0.15) is 26.2 Å². The second kappa shape index (κ2) is 8.07. The van der Waals surface area contributed by atoms with Gasteiger partial charge < -0.3 is 24.4 Å². The first kappa shape index (κ1) is 18.0. The maximum Gasteiger partial charge on any atom is 0.306 e. The number of hydrogen-bond donors (Lipinski definition) is 1. The smallest absolute Gasteiger partial charge is 0.306 e. The van der Waals surface area contributed by atoms with Gasteiger partial charge in [0.2, 0.25) is 18.6 Å². The fourth-order valence-corrected chi connectivity index (χ4v) is 3.02. The number of amides is 2. The minimum Gasteiger partial charge on any atom is -0.466 e. The molecular formula is C18H22N2O6. The van der Waals surface area contributed by atoms with Crippen molar-refractivity contribution in [3.63, 3.8) is 0 Å². The summed E-state index contributed by atoms with van der Waals surface area (Å²) in [7, 11) is 0. The highest BCUT2D eigenvalue weighted by molar-refractivity contribution is 5.96. The number of ether oxygens (including phenoxy) is 3. The van der Waals surface area contributed by atoms with Gasteiger partial charge in [-0.2, -0.15) is 0 Å². The predicted octanol–water partition coefficient (Wildman–Crippen LogP) is 1.23. The molecular weight excluding hydrogens is 340 g/mol. The summed E-state index contributed by atoms with van der Waals surface area (Å²) in [4.78, 5) is 37.1. The van der Waals surface area contributed by atoms with Crippen LogP contribution >= 0.6 is 0 Å². The van der Waals surface area contributed by atoms with Crippen molar-refractivity contribution in [2.75, 3.05) is 31.4 Å². The third kappa shape index (κ3) is 4.25. The Labute approximate surface area is 151 Å².